The van der Waals surface area contributed by atoms with Crippen molar-refractivity contribution in [2.45, 2.75) is 32.1 Å². The summed E-state index contributed by atoms with van der Waals surface area (Å²) in [5.41, 5.74) is -3.90. The first-order valence-electron chi connectivity index (χ1n) is 6.60. The van der Waals surface area contributed by atoms with E-state index >= 15 is 0 Å². The summed E-state index contributed by atoms with van der Waals surface area (Å²) in [5.74, 6) is -0.900. The van der Waals surface area contributed by atoms with Gasteiger partial charge in [0.25, 0.3) is 0 Å². The molecule has 1 saturated heterocycles. The van der Waals surface area contributed by atoms with E-state index in [2.05, 4.69) is 0 Å². The van der Waals surface area contributed by atoms with Gasteiger partial charge in [0.05, 0.1) is 16.7 Å². The molecule has 22 heavy (non-hydrogen) atoms. The van der Waals surface area contributed by atoms with Crippen LogP contribution in [0.1, 0.15) is 41.3 Å². The van der Waals surface area contributed by atoms with Crippen molar-refractivity contribution in [2.75, 3.05) is 18.0 Å². The van der Waals surface area contributed by atoms with Crippen LogP contribution in [0.25, 0.3) is 0 Å². The lowest BCUT2D eigenvalue weighted by atomic mass is 9.97. The molecule has 0 spiro atoms. The van der Waals surface area contributed by atoms with Gasteiger partial charge in [0, 0.05) is 18.8 Å². The molecule has 1 aliphatic rings. The molecule has 1 aromatic rings. The first-order valence-corrected chi connectivity index (χ1v) is 6.60. The molecule has 0 saturated carbocycles. The molecule has 0 amide bonds. The predicted octanol–water partition coefficient (Wildman–Crippen LogP) is 4.53. The van der Waals surface area contributed by atoms with E-state index in [0.717, 1.165) is 6.92 Å². The molecule has 2 nitrogen and oxygen atoms in total. The lowest BCUT2D eigenvalue weighted by molar-refractivity contribution is -0.143. The Morgan fingerprint density at radius 2 is 1.55 bits per heavy atom. The highest BCUT2D eigenvalue weighted by atomic mass is 19.4. The molecule has 1 fully saturated rings. The first kappa shape index (κ1) is 16.6. The van der Waals surface area contributed by atoms with Crippen LogP contribution in [0.2, 0.25) is 0 Å². The Kier molecular flexibility index (Phi) is 4.14. The normalized spacial score (nSPS) is 16.2. The Labute approximate surface area is 122 Å². The molecule has 1 aliphatic heterocycles. The van der Waals surface area contributed by atoms with Crippen molar-refractivity contribution in [3.63, 3.8) is 0 Å². The summed E-state index contributed by atoms with van der Waals surface area (Å²) < 4.78 is 78.0. The van der Waals surface area contributed by atoms with Crippen LogP contribution in [0.15, 0.2) is 12.1 Å². The number of halogens is 6. The maximum absolute atomic E-state index is 13.1. The molecule has 0 aliphatic carbocycles. The minimum absolute atomic E-state index is 0.0102. The van der Waals surface area contributed by atoms with Crippen LogP contribution in [0, 0.1) is 0 Å². The number of carbonyl (C=O) groups is 1. The molecule has 0 unspecified atom stereocenters. The van der Waals surface area contributed by atoms with Gasteiger partial charge in [-0.1, -0.05) is 0 Å². The Morgan fingerprint density at radius 3 is 1.95 bits per heavy atom. The Morgan fingerprint density at radius 1 is 1.00 bits per heavy atom. The van der Waals surface area contributed by atoms with Crippen molar-refractivity contribution < 1.29 is 31.1 Å². The third kappa shape index (κ3) is 3.20. The van der Waals surface area contributed by atoms with Gasteiger partial charge in [-0.15, -0.1) is 0 Å². The third-order valence-corrected chi connectivity index (χ3v) is 3.55. The summed E-state index contributed by atoms with van der Waals surface area (Å²) in [7, 11) is 0. The molecule has 0 bridgehead atoms. The van der Waals surface area contributed by atoms with Gasteiger partial charge in [-0.05, 0) is 31.9 Å². The number of nitrogens with zero attached hydrogens (tertiary/aromatic N) is 1. The van der Waals surface area contributed by atoms with Crippen molar-refractivity contribution in [1.29, 1.82) is 0 Å². The van der Waals surface area contributed by atoms with E-state index in [1.54, 1.807) is 0 Å². The zero-order valence-corrected chi connectivity index (χ0v) is 11.6. The average Bonchev–Trinajstić information content (AvgIpc) is 2.88. The van der Waals surface area contributed by atoms with Gasteiger partial charge < -0.3 is 4.90 Å². The molecule has 0 N–H and O–H groups in total. The average molecular weight is 325 g/mol. The smallest absolute Gasteiger partial charge is 0.371 e. The number of rotatable bonds is 2. The van der Waals surface area contributed by atoms with E-state index in [9.17, 15) is 31.1 Å². The number of alkyl halides is 6. The topological polar surface area (TPSA) is 20.3 Å². The molecule has 1 aromatic carbocycles. The summed E-state index contributed by atoms with van der Waals surface area (Å²) in [6.07, 6.45) is -8.62. The van der Waals surface area contributed by atoms with Crippen LogP contribution in [-0.4, -0.2) is 18.9 Å². The van der Waals surface area contributed by atoms with Crippen LogP contribution in [0.3, 0.4) is 0 Å². The molecule has 8 heteroatoms. The summed E-state index contributed by atoms with van der Waals surface area (Å²) >= 11 is 0. The van der Waals surface area contributed by atoms with Crippen molar-refractivity contribution in [3.05, 3.63) is 28.8 Å². The third-order valence-electron chi connectivity index (χ3n) is 3.55. The van der Waals surface area contributed by atoms with Crippen molar-refractivity contribution in [2.24, 2.45) is 0 Å². The van der Waals surface area contributed by atoms with Gasteiger partial charge in [-0.3, -0.25) is 4.79 Å². The minimum atomic E-state index is -5.03. The van der Waals surface area contributed by atoms with E-state index in [1.165, 1.54) is 4.90 Å². The van der Waals surface area contributed by atoms with E-state index in [4.69, 9.17) is 0 Å². The monoisotopic (exact) mass is 325 g/mol. The highest BCUT2D eigenvalue weighted by molar-refractivity contribution is 6.01. The fourth-order valence-corrected chi connectivity index (χ4v) is 2.59. The SMILES string of the molecule is CC(=O)c1c(N2CCCC2)cc(C(F)(F)F)cc1C(F)(F)F. The van der Waals surface area contributed by atoms with Crippen LogP contribution in [0.5, 0.6) is 0 Å². The number of hydrogen-bond acceptors (Lipinski definition) is 2. The molecule has 122 valence electrons. The molecule has 2 rings (SSSR count). The lowest BCUT2D eigenvalue weighted by Gasteiger charge is -2.25. The standard InChI is InChI=1S/C14H13F6NO/c1-8(22)12-10(14(18,19)20)6-9(13(15,16)17)7-11(12)21-4-2-3-5-21/h6-7H,2-5H2,1H3. The molecule has 0 atom stereocenters. The number of carbonyl (C=O) groups excluding carboxylic acids is 1. The highest BCUT2D eigenvalue weighted by Crippen LogP contribution is 2.42. The number of anilines is 1. The van der Waals surface area contributed by atoms with Gasteiger partial charge in [-0.2, -0.15) is 26.3 Å². The minimum Gasteiger partial charge on any atom is -0.371 e. The van der Waals surface area contributed by atoms with Gasteiger partial charge >= 0.3 is 12.4 Å². The number of hydrogen-bond donors (Lipinski definition) is 0. The van der Waals surface area contributed by atoms with Crippen LogP contribution < -0.4 is 4.90 Å². The Hall–Kier alpha value is -1.73. The maximum Gasteiger partial charge on any atom is 0.417 e. The maximum atomic E-state index is 13.1. The summed E-state index contributed by atoms with van der Waals surface area (Å²) in [6.45, 7) is 1.59. The predicted molar refractivity (Wildman–Crippen MR) is 67.9 cm³/mol. The van der Waals surface area contributed by atoms with E-state index in [0.29, 0.717) is 32.0 Å². The van der Waals surface area contributed by atoms with Crippen molar-refractivity contribution in [1.82, 2.24) is 0 Å². The largest absolute Gasteiger partial charge is 0.417 e. The Bertz CT molecular complexity index is 584. The van der Waals surface area contributed by atoms with Gasteiger partial charge in [0.2, 0.25) is 0 Å². The second-order valence-corrected chi connectivity index (χ2v) is 5.16. The number of ketones is 1. The number of benzene rings is 1. The van der Waals surface area contributed by atoms with Crippen LogP contribution in [0.4, 0.5) is 32.0 Å². The van der Waals surface area contributed by atoms with E-state index < -0.39 is 34.8 Å². The van der Waals surface area contributed by atoms with Crippen molar-refractivity contribution >= 4 is 11.5 Å². The number of Topliss-reactive ketones (excluding diaryl/α,β-unsaturated/α-hetero) is 1. The van der Waals surface area contributed by atoms with Crippen molar-refractivity contribution in [3.8, 4) is 0 Å². The van der Waals surface area contributed by atoms with Gasteiger partial charge in [0.15, 0.2) is 5.78 Å². The zero-order valence-electron chi connectivity index (χ0n) is 11.6. The zero-order chi connectivity index (χ0) is 16.7. The lowest BCUT2D eigenvalue weighted by Crippen LogP contribution is -2.24. The summed E-state index contributed by atoms with van der Waals surface area (Å²) in [6, 6.07) is 0.646. The molecule has 0 radical (unpaired) electrons. The summed E-state index contributed by atoms with van der Waals surface area (Å²) in [5, 5.41) is 0. The fourth-order valence-electron chi connectivity index (χ4n) is 2.59. The molecular weight excluding hydrogens is 312 g/mol. The quantitative estimate of drug-likeness (QED) is 0.588. The van der Waals surface area contributed by atoms with E-state index in [-0.39, 0.29) is 11.8 Å². The second-order valence-electron chi connectivity index (χ2n) is 5.16. The molecule has 0 aromatic heterocycles. The second kappa shape index (κ2) is 5.48. The fraction of sp³-hybridized carbons (Fsp3) is 0.500. The molecular formula is C14H13F6NO. The summed E-state index contributed by atoms with van der Waals surface area (Å²) in [4.78, 5) is 13.0. The van der Waals surface area contributed by atoms with Gasteiger partial charge in [0.1, 0.15) is 0 Å². The van der Waals surface area contributed by atoms with Crippen LogP contribution >= 0.6 is 0 Å². The first-order chi connectivity index (χ1) is 10.0. The van der Waals surface area contributed by atoms with Gasteiger partial charge in [-0.25, -0.2) is 0 Å². The Balaban J connectivity index is 2.75. The van der Waals surface area contributed by atoms with Crippen LogP contribution in [-0.2, 0) is 12.4 Å². The van der Waals surface area contributed by atoms with E-state index in [1.807, 2.05) is 0 Å². The molecule has 1 heterocycles. The highest BCUT2D eigenvalue weighted by Gasteiger charge is 2.41.